The van der Waals surface area contributed by atoms with Crippen molar-refractivity contribution in [1.82, 2.24) is 0 Å². The molecule has 0 spiro atoms. The maximum absolute atomic E-state index is 4.10. The molecule has 0 aliphatic carbocycles. The van der Waals surface area contributed by atoms with Gasteiger partial charge >= 0.3 is 0 Å². The Morgan fingerprint density at radius 3 is 2.54 bits per heavy atom. The zero-order chi connectivity index (χ0) is 8.86. The third kappa shape index (κ3) is 4.58. The molecule has 1 rings (SSSR count). The smallest absolute Gasteiger partial charge is 0.194 e. The van der Waals surface area contributed by atoms with E-state index in [0.29, 0.717) is 0 Å². The molecule has 0 aromatic heterocycles. The fraction of sp³-hybridized carbons (Fsp3) is 0.700. The SMILES string of the molecule is CCCCCC[N+]1(C)C=CN=C1.[Br-]. The van der Waals surface area contributed by atoms with Crippen LogP contribution in [0.5, 0.6) is 0 Å². The second-order valence-electron chi connectivity index (χ2n) is 3.69. The largest absolute Gasteiger partial charge is 1.00 e. The van der Waals surface area contributed by atoms with E-state index in [4.69, 9.17) is 0 Å². The van der Waals surface area contributed by atoms with Crippen LogP contribution in [0, 0.1) is 0 Å². The lowest BCUT2D eigenvalue weighted by molar-refractivity contribution is -0.756. The minimum Gasteiger partial charge on any atom is -1.00 e. The Labute approximate surface area is 91.7 Å². The molecular weight excluding hydrogens is 228 g/mol. The number of halogens is 1. The third-order valence-electron chi connectivity index (χ3n) is 2.32. The third-order valence-corrected chi connectivity index (χ3v) is 2.32. The number of rotatable bonds is 5. The van der Waals surface area contributed by atoms with Crippen LogP contribution in [0.1, 0.15) is 32.6 Å². The van der Waals surface area contributed by atoms with Gasteiger partial charge in [0.25, 0.3) is 0 Å². The molecule has 76 valence electrons. The van der Waals surface area contributed by atoms with E-state index in [9.17, 15) is 0 Å². The zero-order valence-corrected chi connectivity index (χ0v) is 10.1. The van der Waals surface area contributed by atoms with E-state index in [-0.39, 0.29) is 17.0 Å². The first kappa shape index (κ1) is 12.8. The predicted octanol–water partition coefficient (Wildman–Crippen LogP) is -0.470. The summed E-state index contributed by atoms with van der Waals surface area (Å²) < 4.78 is 0.893. The Morgan fingerprint density at radius 2 is 2.00 bits per heavy atom. The molecule has 1 aliphatic rings. The van der Waals surface area contributed by atoms with Crippen LogP contribution < -0.4 is 17.0 Å². The summed E-state index contributed by atoms with van der Waals surface area (Å²) in [4.78, 5) is 4.10. The molecule has 0 saturated carbocycles. The first-order chi connectivity index (χ1) is 5.77. The second-order valence-corrected chi connectivity index (χ2v) is 3.69. The molecule has 1 heterocycles. The lowest BCUT2D eigenvalue weighted by Gasteiger charge is -2.21. The molecule has 1 atom stereocenters. The molecule has 1 aliphatic heterocycles. The van der Waals surface area contributed by atoms with Crippen molar-refractivity contribution in [2.75, 3.05) is 13.6 Å². The quantitative estimate of drug-likeness (QED) is 0.460. The van der Waals surface area contributed by atoms with Crippen LogP contribution >= 0.6 is 0 Å². The lowest BCUT2D eigenvalue weighted by atomic mass is 10.2. The van der Waals surface area contributed by atoms with Crippen LogP contribution in [0.25, 0.3) is 0 Å². The highest BCUT2D eigenvalue weighted by Crippen LogP contribution is 2.10. The van der Waals surface area contributed by atoms with E-state index in [0.717, 1.165) is 4.48 Å². The molecular formula is C10H19BrN2. The molecule has 0 fully saturated rings. The number of quaternary nitrogens is 1. The normalized spacial score (nSPS) is 24.8. The van der Waals surface area contributed by atoms with Crippen LogP contribution in [0.15, 0.2) is 17.4 Å². The number of hydrogen-bond acceptors (Lipinski definition) is 1. The minimum absolute atomic E-state index is 0. The van der Waals surface area contributed by atoms with Gasteiger partial charge in [-0.15, -0.1) is 0 Å². The zero-order valence-electron chi connectivity index (χ0n) is 8.54. The van der Waals surface area contributed by atoms with Gasteiger partial charge in [0.1, 0.15) is 6.20 Å². The monoisotopic (exact) mass is 246 g/mol. The summed E-state index contributed by atoms with van der Waals surface area (Å²) in [5.74, 6) is 0. The summed E-state index contributed by atoms with van der Waals surface area (Å²) >= 11 is 0. The van der Waals surface area contributed by atoms with Gasteiger partial charge in [-0.3, -0.25) is 4.48 Å². The number of nitrogens with zero attached hydrogens (tertiary/aromatic N) is 2. The molecule has 0 saturated heterocycles. The van der Waals surface area contributed by atoms with Crippen molar-refractivity contribution in [2.45, 2.75) is 32.6 Å². The minimum atomic E-state index is 0. The molecule has 0 amide bonds. The maximum Gasteiger partial charge on any atom is 0.194 e. The maximum atomic E-state index is 4.10. The fourth-order valence-corrected chi connectivity index (χ4v) is 1.43. The summed E-state index contributed by atoms with van der Waals surface area (Å²) in [6, 6.07) is 0. The molecule has 3 heteroatoms. The van der Waals surface area contributed by atoms with E-state index < -0.39 is 0 Å². The molecule has 0 aromatic carbocycles. The predicted molar refractivity (Wildman–Crippen MR) is 52.8 cm³/mol. The fourth-order valence-electron chi connectivity index (χ4n) is 1.43. The Balaban J connectivity index is 0.00000144. The standard InChI is InChI=1S/C10H19N2.BrH/c1-3-4-5-6-8-12(2)9-7-11-10-12;/h7,9-10H,3-6,8H2,1-2H3;1H/q+1;/p-1. The van der Waals surface area contributed by atoms with Gasteiger partial charge in [0.05, 0.1) is 19.8 Å². The van der Waals surface area contributed by atoms with Gasteiger partial charge in [-0.25, -0.2) is 4.99 Å². The summed E-state index contributed by atoms with van der Waals surface area (Å²) in [6.45, 7) is 3.44. The molecule has 0 N–H and O–H groups in total. The summed E-state index contributed by atoms with van der Waals surface area (Å²) in [5, 5.41) is 0. The van der Waals surface area contributed by atoms with Gasteiger partial charge in [-0.2, -0.15) is 0 Å². The van der Waals surface area contributed by atoms with Gasteiger partial charge in [0.15, 0.2) is 6.34 Å². The van der Waals surface area contributed by atoms with Gasteiger partial charge in [-0.05, 0) is 12.8 Å². The molecule has 0 bridgehead atoms. The highest BCUT2D eigenvalue weighted by molar-refractivity contribution is 5.50. The summed E-state index contributed by atoms with van der Waals surface area (Å²) in [7, 11) is 2.19. The molecule has 0 aromatic rings. The molecule has 2 nitrogen and oxygen atoms in total. The Bertz CT molecular complexity index is 175. The van der Waals surface area contributed by atoms with Crippen LogP contribution in [-0.4, -0.2) is 24.4 Å². The van der Waals surface area contributed by atoms with Crippen LogP contribution in [0.4, 0.5) is 0 Å². The average Bonchev–Trinajstić information content (AvgIpc) is 2.47. The topological polar surface area (TPSA) is 12.4 Å². The summed E-state index contributed by atoms with van der Waals surface area (Å²) in [5.41, 5.74) is 0. The van der Waals surface area contributed by atoms with Gasteiger partial charge in [0, 0.05) is 0 Å². The van der Waals surface area contributed by atoms with E-state index in [2.05, 4.69) is 25.2 Å². The molecule has 1 unspecified atom stereocenters. The number of aliphatic imine (C=N–C) groups is 1. The van der Waals surface area contributed by atoms with Crippen molar-refractivity contribution in [2.24, 2.45) is 4.99 Å². The van der Waals surface area contributed by atoms with Crippen LogP contribution in [-0.2, 0) is 0 Å². The first-order valence-electron chi connectivity index (χ1n) is 4.84. The summed E-state index contributed by atoms with van der Waals surface area (Å²) in [6.07, 6.45) is 11.4. The van der Waals surface area contributed by atoms with E-state index in [1.165, 1.54) is 32.2 Å². The Morgan fingerprint density at radius 1 is 1.23 bits per heavy atom. The average molecular weight is 247 g/mol. The van der Waals surface area contributed by atoms with Crippen molar-refractivity contribution >= 4 is 6.34 Å². The number of unbranched alkanes of at least 4 members (excludes halogenated alkanes) is 3. The molecule has 0 radical (unpaired) electrons. The molecule has 13 heavy (non-hydrogen) atoms. The van der Waals surface area contributed by atoms with Crippen molar-refractivity contribution in [3.05, 3.63) is 12.4 Å². The first-order valence-corrected chi connectivity index (χ1v) is 4.84. The Kier molecular flexibility index (Phi) is 6.25. The van der Waals surface area contributed by atoms with Crippen molar-refractivity contribution < 1.29 is 21.5 Å². The van der Waals surface area contributed by atoms with Crippen molar-refractivity contribution in [3.63, 3.8) is 0 Å². The van der Waals surface area contributed by atoms with Crippen LogP contribution in [0.2, 0.25) is 0 Å². The second kappa shape index (κ2) is 6.33. The van der Waals surface area contributed by atoms with E-state index in [1.54, 1.807) is 0 Å². The highest BCUT2D eigenvalue weighted by atomic mass is 79.9. The van der Waals surface area contributed by atoms with Gasteiger partial charge in [0.2, 0.25) is 0 Å². The van der Waals surface area contributed by atoms with E-state index >= 15 is 0 Å². The van der Waals surface area contributed by atoms with Crippen molar-refractivity contribution in [3.8, 4) is 0 Å². The van der Waals surface area contributed by atoms with Crippen molar-refractivity contribution in [1.29, 1.82) is 0 Å². The van der Waals surface area contributed by atoms with Gasteiger partial charge in [-0.1, -0.05) is 19.8 Å². The van der Waals surface area contributed by atoms with E-state index in [1.807, 2.05) is 12.5 Å². The lowest BCUT2D eigenvalue weighted by Crippen LogP contribution is -3.00. The highest BCUT2D eigenvalue weighted by Gasteiger charge is 2.17. The number of hydrogen-bond donors (Lipinski definition) is 0. The van der Waals surface area contributed by atoms with Gasteiger partial charge < -0.3 is 17.0 Å². The van der Waals surface area contributed by atoms with Crippen LogP contribution in [0.3, 0.4) is 0 Å². The Hall–Kier alpha value is -0.150.